The van der Waals surface area contributed by atoms with Crippen LogP contribution in [0.15, 0.2) is 35.3 Å². The van der Waals surface area contributed by atoms with Crippen LogP contribution in [0.2, 0.25) is 0 Å². The molecule has 0 saturated carbocycles. The lowest BCUT2D eigenvalue weighted by Crippen LogP contribution is -2.60. The van der Waals surface area contributed by atoms with Crippen LogP contribution in [-0.4, -0.2) is 76.7 Å². The van der Waals surface area contributed by atoms with E-state index in [2.05, 4.69) is 20.9 Å². The number of rotatable bonds is 15. The lowest BCUT2D eigenvalue weighted by atomic mass is 10.0. The highest BCUT2D eigenvalue weighted by atomic mass is 16.4. The second-order valence-corrected chi connectivity index (χ2v) is 9.10. The second-order valence-electron chi connectivity index (χ2n) is 9.10. The average molecular weight is 522 g/mol. The van der Waals surface area contributed by atoms with E-state index < -0.39 is 59.9 Å². The van der Waals surface area contributed by atoms with Crippen LogP contribution in [-0.2, 0) is 25.6 Å². The Morgan fingerprint density at radius 1 is 0.919 bits per heavy atom. The van der Waals surface area contributed by atoms with Crippen LogP contribution in [0.5, 0.6) is 0 Å². The number of carbonyl (C=O) groups excluding carboxylic acids is 3. The quantitative estimate of drug-likeness (QED) is 0.0736. The molecule has 1 aromatic carbocycles. The fourth-order valence-electron chi connectivity index (χ4n) is 3.43. The minimum absolute atomic E-state index is 0.101. The first-order valence-electron chi connectivity index (χ1n) is 12.0. The first kappa shape index (κ1) is 31.3. The van der Waals surface area contributed by atoms with E-state index in [-0.39, 0.29) is 25.3 Å². The van der Waals surface area contributed by atoms with Gasteiger partial charge in [-0.05, 0) is 37.7 Å². The highest BCUT2D eigenvalue weighted by Crippen LogP contribution is 2.07. The molecule has 0 saturated heterocycles. The summed E-state index contributed by atoms with van der Waals surface area (Å²) >= 11 is 0. The zero-order valence-corrected chi connectivity index (χ0v) is 21.4. The number of nitrogens with two attached hydrogens (primary N) is 3. The number of carboxylic acids is 1. The van der Waals surface area contributed by atoms with Gasteiger partial charge in [0.25, 0.3) is 0 Å². The number of aliphatic imine (C=N–C) groups is 1. The zero-order valence-electron chi connectivity index (χ0n) is 21.4. The third-order valence-electron chi connectivity index (χ3n) is 5.51. The SMILES string of the molecule is CC(C)C(NC(=O)C(NC(=O)C(CCCN=C(N)N)NC(=O)C(N)Cc1ccccc1)C(C)O)C(=O)O. The normalized spacial score (nSPS) is 15.0. The molecule has 0 bridgehead atoms. The molecular weight excluding hydrogens is 482 g/mol. The Morgan fingerprint density at radius 3 is 2.03 bits per heavy atom. The summed E-state index contributed by atoms with van der Waals surface area (Å²) in [5.41, 5.74) is 17.5. The molecule has 0 heterocycles. The summed E-state index contributed by atoms with van der Waals surface area (Å²) in [5, 5.41) is 26.8. The van der Waals surface area contributed by atoms with Gasteiger partial charge in [-0.15, -0.1) is 0 Å². The smallest absolute Gasteiger partial charge is 0.326 e. The molecule has 11 N–H and O–H groups in total. The summed E-state index contributed by atoms with van der Waals surface area (Å²) in [6, 6.07) is 4.33. The van der Waals surface area contributed by atoms with Crippen molar-refractivity contribution in [2.75, 3.05) is 6.54 Å². The Kier molecular flexibility index (Phi) is 13.0. The molecule has 0 aliphatic rings. The number of hydrogen-bond donors (Lipinski definition) is 8. The summed E-state index contributed by atoms with van der Waals surface area (Å²) < 4.78 is 0. The van der Waals surface area contributed by atoms with Gasteiger partial charge in [0.2, 0.25) is 17.7 Å². The number of aliphatic hydroxyl groups is 1. The van der Waals surface area contributed by atoms with Gasteiger partial charge in [-0.2, -0.15) is 0 Å². The maximum absolute atomic E-state index is 13.1. The monoisotopic (exact) mass is 521 g/mol. The molecule has 13 heteroatoms. The van der Waals surface area contributed by atoms with Crippen molar-refractivity contribution in [3.63, 3.8) is 0 Å². The molecule has 0 aliphatic heterocycles. The fraction of sp³-hybridized carbons (Fsp3) is 0.542. The van der Waals surface area contributed by atoms with Gasteiger partial charge in [-0.25, -0.2) is 4.79 Å². The van der Waals surface area contributed by atoms with Crippen LogP contribution < -0.4 is 33.2 Å². The third-order valence-corrected chi connectivity index (χ3v) is 5.51. The van der Waals surface area contributed by atoms with Gasteiger partial charge in [0, 0.05) is 6.54 Å². The topological polar surface area (TPSA) is 235 Å². The molecule has 5 atom stereocenters. The average Bonchev–Trinajstić information content (AvgIpc) is 2.82. The number of guanidine groups is 1. The maximum Gasteiger partial charge on any atom is 0.326 e. The van der Waals surface area contributed by atoms with Crippen LogP contribution >= 0.6 is 0 Å². The number of aliphatic carboxylic acids is 1. The summed E-state index contributed by atoms with van der Waals surface area (Å²) in [7, 11) is 0. The van der Waals surface area contributed by atoms with E-state index >= 15 is 0 Å². The van der Waals surface area contributed by atoms with Gasteiger partial charge in [0.05, 0.1) is 12.1 Å². The van der Waals surface area contributed by atoms with Crippen LogP contribution in [0.3, 0.4) is 0 Å². The van der Waals surface area contributed by atoms with Crippen molar-refractivity contribution in [2.45, 2.75) is 70.3 Å². The van der Waals surface area contributed by atoms with Gasteiger partial charge in [-0.1, -0.05) is 44.2 Å². The third kappa shape index (κ3) is 11.3. The van der Waals surface area contributed by atoms with E-state index in [1.807, 2.05) is 30.3 Å². The van der Waals surface area contributed by atoms with Crippen molar-refractivity contribution in [3.05, 3.63) is 35.9 Å². The fourth-order valence-corrected chi connectivity index (χ4v) is 3.43. The Hall–Kier alpha value is -3.71. The van der Waals surface area contributed by atoms with Crippen molar-refractivity contribution >= 4 is 29.7 Å². The van der Waals surface area contributed by atoms with E-state index in [0.29, 0.717) is 6.42 Å². The predicted molar refractivity (Wildman–Crippen MR) is 138 cm³/mol. The standard InChI is InChI=1S/C24H39N7O6/c1-13(2)18(23(36)37)30-22(35)19(14(3)32)31-21(34)17(10-7-11-28-24(26)27)29-20(33)16(25)12-15-8-5-4-6-9-15/h4-6,8-9,13-14,16-19,32H,7,10-12,25H2,1-3H3,(H,29,33)(H,30,35)(H,31,34)(H,36,37)(H4,26,27,28). The van der Waals surface area contributed by atoms with Crippen molar-refractivity contribution in [1.82, 2.24) is 16.0 Å². The van der Waals surface area contributed by atoms with Gasteiger partial charge >= 0.3 is 5.97 Å². The van der Waals surface area contributed by atoms with E-state index in [1.165, 1.54) is 6.92 Å². The Balaban J connectivity index is 2.99. The number of carbonyl (C=O) groups is 4. The molecule has 206 valence electrons. The Labute approximate surface area is 216 Å². The molecule has 1 aromatic rings. The number of nitrogens with one attached hydrogen (secondary N) is 3. The first-order valence-corrected chi connectivity index (χ1v) is 12.0. The molecule has 0 aromatic heterocycles. The molecule has 37 heavy (non-hydrogen) atoms. The summed E-state index contributed by atoms with van der Waals surface area (Å²) in [6.07, 6.45) is -0.711. The molecule has 5 unspecified atom stereocenters. The van der Waals surface area contributed by atoms with Crippen LogP contribution in [0.1, 0.15) is 39.2 Å². The van der Waals surface area contributed by atoms with Crippen LogP contribution in [0.25, 0.3) is 0 Å². The van der Waals surface area contributed by atoms with E-state index in [4.69, 9.17) is 17.2 Å². The molecule has 0 aliphatic carbocycles. The highest BCUT2D eigenvalue weighted by Gasteiger charge is 2.33. The highest BCUT2D eigenvalue weighted by molar-refractivity contribution is 5.94. The number of nitrogens with zero attached hydrogens (tertiary/aromatic N) is 1. The molecule has 13 nitrogen and oxygen atoms in total. The molecule has 0 spiro atoms. The van der Waals surface area contributed by atoms with Crippen LogP contribution in [0.4, 0.5) is 0 Å². The second kappa shape index (κ2) is 15.4. The molecule has 1 rings (SSSR count). The largest absolute Gasteiger partial charge is 0.480 e. The van der Waals surface area contributed by atoms with Crippen LogP contribution in [0, 0.1) is 5.92 Å². The van der Waals surface area contributed by atoms with Gasteiger partial charge < -0.3 is 43.4 Å². The molecule has 0 radical (unpaired) electrons. The lowest BCUT2D eigenvalue weighted by Gasteiger charge is -2.27. The summed E-state index contributed by atoms with van der Waals surface area (Å²) in [6.45, 7) is 4.68. The first-order chi connectivity index (χ1) is 17.3. The van der Waals surface area contributed by atoms with E-state index in [0.717, 1.165) is 5.56 Å². The summed E-state index contributed by atoms with van der Waals surface area (Å²) in [4.78, 5) is 53.9. The molecular formula is C24H39N7O6. The number of benzene rings is 1. The van der Waals surface area contributed by atoms with Crippen molar-refractivity contribution < 1.29 is 29.4 Å². The predicted octanol–water partition coefficient (Wildman–Crippen LogP) is -1.81. The number of carboxylic acid groups (broad SMARTS) is 1. The van der Waals surface area contributed by atoms with Crippen molar-refractivity contribution in [2.24, 2.45) is 28.1 Å². The Morgan fingerprint density at radius 2 is 1.51 bits per heavy atom. The van der Waals surface area contributed by atoms with Crippen molar-refractivity contribution in [3.8, 4) is 0 Å². The number of amides is 3. The van der Waals surface area contributed by atoms with E-state index in [9.17, 15) is 29.4 Å². The summed E-state index contributed by atoms with van der Waals surface area (Å²) in [5.74, 6) is -4.05. The maximum atomic E-state index is 13.1. The van der Waals surface area contributed by atoms with Gasteiger partial charge in [-0.3, -0.25) is 19.4 Å². The van der Waals surface area contributed by atoms with Crippen molar-refractivity contribution in [1.29, 1.82) is 0 Å². The zero-order chi connectivity index (χ0) is 28.1. The Bertz CT molecular complexity index is 935. The van der Waals surface area contributed by atoms with Gasteiger partial charge in [0.15, 0.2) is 5.96 Å². The van der Waals surface area contributed by atoms with Gasteiger partial charge in [0.1, 0.15) is 18.1 Å². The van der Waals surface area contributed by atoms with E-state index in [1.54, 1.807) is 13.8 Å². The lowest BCUT2D eigenvalue weighted by molar-refractivity contribution is -0.144. The molecule has 3 amide bonds. The minimum atomic E-state index is -1.47. The molecule has 0 fully saturated rings. The number of aliphatic hydroxyl groups excluding tert-OH is 1. The minimum Gasteiger partial charge on any atom is -0.480 e. The number of hydrogen-bond acceptors (Lipinski definition) is 7.